The summed E-state index contributed by atoms with van der Waals surface area (Å²) in [5.41, 5.74) is 6.46. The van der Waals surface area contributed by atoms with E-state index in [-0.39, 0.29) is 5.91 Å². The van der Waals surface area contributed by atoms with E-state index in [2.05, 4.69) is 4.98 Å². The van der Waals surface area contributed by atoms with Crippen molar-refractivity contribution in [2.24, 2.45) is 0 Å². The summed E-state index contributed by atoms with van der Waals surface area (Å²) in [6, 6.07) is 4.79. The maximum Gasteiger partial charge on any atom is 0.264 e. The van der Waals surface area contributed by atoms with Crippen LogP contribution >= 0.6 is 11.6 Å². The highest BCUT2D eigenvalue weighted by molar-refractivity contribution is 6.34. The summed E-state index contributed by atoms with van der Waals surface area (Å²) in [4.78, 5) is 15.7. The van der Waals surface area contributed by atoms with Gasteiger partial charge in [0.15, 0.2) is 0 Å². The Hall–Kier alpha value is -1.81. The lowest BCUT2D eigenvalue weighted by atomic mass is 10.2. The standard InChI is InChI=1S/C10H8ClN3O/c11-9-2-1-7(12)5-8(9)10(15)14-4-3-13-6-14/h1-6H,12H2. The monoisotopic (exact) mass is 221 g/mol. The van der Waals surface area contributed by atoms with E-state index >= 15 is 0 Å². The molecule has 0 saturated heterocycles. The molecule has 76 valence electrons. The molecule has 4 nitrogen and oxygen atoms in total. The number of aromatic nitrogens is 2. The molecule has 5 heteroatoms. The summed E-state index contributed by atoms with van der Waals surface area (Å²) >= 11 is 5.90. The highest BCUT2D eigenvalue weighted by Gasteiger charge is 2.11. The molecule has 0 fully saturated rings. The van der Waals surface area contributed by atoms with Crippen LogP contribution in [0.2, 0.25) is 5.02 Å². The van der Waals surface area contributed by atoms with Crippen molar-refractivity contribution in [2.45, 2.75) is 0 Å². The SMILES string of the molecule is Nc1ccc(Cl)c(C(=O)n2ccnc2)c1. The molecule has 0 aliphatic rings. The van der Waals surface area contributed by atoms with E-state index in [0.717, 1.165) is 0 Å². The highest BCUT2D eigenvalue weighted by Crippen LogP contribution is 2.19. The van der Waals surface area contributed by atoms with Crippen LogP contribution in [0.4, 0.5) is 5.69 Å². The number of carbonyl (C=O) groups is 1. The summed E-state index contributed by atoms with van der Waals surface area (Å²) in [6.07, 6.45) is 4.50. The molecule has 15 heavy (non-hydrogen) atoms. The van der Waals surface area contributed by atoms with Crippen molar-refractivity contribution in [1.29, 1.82) is 0 Å². The van der Waals surface area contributed by atoms with Gasteiger partial charge in [-0.25, -0.2) is 4.98 Å². The zero-order valence-electron chi connectivity index (χ0n) is 7.72. The Balaban J connectivity index is 2.46. The van der Waals surface area contributed by atoms with Crippen LogP contribution in [0, 0.1) is 0 Å². The van der Waals surface area contributed by atoms with Crippen LogP contribution in [0.25, 0.3) is 0 Å². The lowest BCUT2D eigenvalue weighted by Gasteiger charge is -2.04. The molecule has 1 heterocycles. The maximum atomic E-state index is 11.9. The van der Waals surface area contributed by atoms with Crippen LogP contribution < -0.4 is 5.73 Å². The Morgan fingerprint density at radius 2 is 2.27 bits per heavy atom. The molecular weight excluding hydrogens is 214 g/mol. The fourth-order valence-corrected chi connectivity index (χ4v) is 1.42. The largest absolute Gasteiger partial charge is 0.399 e. The molecule has 2 aromatic rings. The lowest BCUT2D eigenvalue weighted by molar-refractivity contribution is 0.0960. The number of hydrogen-bond donors (Lipinski definition) is 1. The average Bonchev–Trinajstić information content (AvgIpc) is 2.74. The first-order valence-electron chi connectivity index (χ1n) is 4.26. The topological polar surface area (TPSA) is 60.9 Å². The fraction of sp³-hybridized carbons (Fsp3) is 0. The van der Waals surface area contributed by atoms with Gasteiger partial charge in [-0.15, -0.1) is 0 Å². The second-order valence-corrected chi connectivity index (χ2v) is 3.42. The first-order chi connectivity index (χ1) is 7.18. The second-order valence-electron chi connectivity index (χ2n) is 3.01. The van der Waals surface area contributed by atoms with E-state index in [0.29, 0.717) is 16.3 Å². The van der Waals surface area contributed by atoms with Gasteiger partial charge in [0.1, 0.15) is 6.33 Å². The van der Waals surface area contributed by atoms with Gasteiger partial charge in [0.05, 0.1) is 10.6 Å². The summed E-state index contributed by atoms with van der Waals surface area (Å²) < 4.78 is 1.35. The highest BCUT2D eigenvalue weighted by atomic mass is 35.5. The van der Waals surface area contributed by atoms with Crippen molar-refractivity contribution in [1.82, 2.24) is 9.55 Å². The first kappa shape index (κ1) is 9.73. The molecule has 1 aromatic heterocycles. The van der Waals surface area contributed by atoms with E-state index in [4.69, 9.17) is 17.3 Å². The minimum absolute atomic E-state index is 0.246. The molecule has 0 amide bonds. The van der Waals surface area contributed by atoms with Gasteiger partial charge in [0.2, 0.25) is 0 Å². The molecule has 0 spiro atoms. The van der Waals surface area contributed by atoms with Crippen LogP contribution in [0.3, 0.4) is 0 Å². The average molecular weight is 222 g/mol. The number of benzene rings is 1. The van der Waals surface area contributed by atoms with Crippen molar-refractivity contribution < 1.29 is 4.79 Å². The Morgan fingerprint density at radius 3 is 2.93 bits per heavy atom. The van der Waals surface area contributed by atoms with Crippen LogP contribution in [-0.4, -0.2) is 15.5 Å². The Bertz CT molecular complexity index is 493. The molecule has 0 bridgehead atoms. The Morgan fingerprint density at radius 1 is 1.47 bits per heavy atom. The minimum atomic E-state index is -0.246. The smallest absolute Gasteiger partial charge is 0.264 e. The molecule has 0 aliphatic carbocycles. The summed E-state index contributed by atoms with van der Waals surface area (Å²) in [6.45, 7) is 0. The van der Waals surface area contributed by atoms with E-state index in [1.165, 1.54) is 17.1 Å². The number of nitrogens with zero attached hydrogens (tertiary/aromatic N) is 2. The molecule has 0 atom stereocenters. The third kappa shape index (κ3) is 1.85. The van der Waals surface area contributed by atoms with Gasteiger partial charge in [-0.1, -0.05) is 11.6 Å². The molecule has 2 rings (SSSR count). The predicted octanol–water partition coefficient (Wildman–Crippen LogP) is 1.81. The van der Waals surface area contributed by atoms with Crippen LogP contribution in [0.1, 0.15) is 10.4 Å². The number of carbonyl (C=O) groups excluding carboxylic acids is 1. The number of nitrogen functional groups attached to an aromatic ring is 1. The van der Waals surface area contributed by atoms with Crippen molar-refractivity contribution >= 4 is 23.2 Å². The number of nitrogens with two attached hydrogens (primary N) is 1. The zero-order chi connectivity index (χ0) is 10.8. The van der Waals surface area contributed by atoms with Gasteiger partial charge >= 0.3 is 0 Å². The Kier molecular flexibility index (Phi) is 2.43. The van der Waals surface area contributed by atoms with Crippen LogP contribution in [0.5, 0.6) is 0 Å². The molecule has 1 aromatic carbocycles. The van der Waals surface area contributed by atoms with Gasteiger partial charge in [0.25, 0.3) is 5.91 Å². The Labute approximate surface area is 91.3 Å². The first-order valence-corrected chi connectivity index (χ1v) is 4.64. The molecular formula is C10H8ClN3O. The second kappa shape index (κ2) is 3.74. The molecule has 0 unspecified atom stereocenters. The number of imidazole rings is 1. The van der Waals surface area contributed by atoms with Crippen molar-refractivity contribution in [3.8, 4) is 0 Å². The third-order valence-corrected chi connectivity index (χ3v) is 2.29. The summed E-state index contributed by atoms with van der Waals surface area (Å²) in [7, 11) is 0. The molecule has 2 N–H and O–H groups in total. The van der Waals surface area contributed by atoms with E-state index in [9.17, 15) is 4.79 Å². The van der Waals surface area contributed by atoms with E-state index < -0.39 is 0 Å². The predicted molar refractivity (Wildman–Crippen MR) is 57.8 cm³/mol. The summed E-state index contributed by atoms with van der Waals surface area (Å²) in [5, 5.41) is 0.378. The molecule has 0 aliphatic heterocycles. The quantitative estimate of drug-likeness (QED) is 0.747. The zero-order valence-corrected chi connectivity index (χ0v) is 8.48. The molecule has 0 radical (unpaired) electrons. The summed E-state index contributed by atoms with van der Waals surface area (Å²) in [5.74, 6) is -0.246. The maximum absolute atomic E-state index is 11.9. The van der Waals surface area contributed by atoms with Gasteiger partial charge in [-0.3, -0.25) is 9.36 Å². The van der Waals surface area contributed by atoms with Crippen LogP contribution in [0.15, 0.2) is 36.9 Å². The van der Waals surface area contributed by atoms with E-state index in [1.807, 2.05) is 0 Å². The van der Waals surface area contributed by atoms with Gasteiger partial charge in [-0.2, -0.15) is 0 Å². The van der Waals surface area contributed by atoms with Gasteiger partial charge in [-0.05, 0) is 18.2 Å². The third-order valence-electron chi connectivity index (χ3n) is 1.96. The molecule has 0 saturated carbocycles. The normalized spacial score (nSPS) is 10.2. The van der Waals surface area contributed by atoms with Gasteiger partial charge < -0.3 is 5.73 Å². The van der Waals surface area contributed by atoms with Crippen molar-refractivity contribution in [3.63, 3.8) is 0 Å². The number of hydrogen-bond acceptors (Lipinski definition) is 3. The van der Waals surface area contributed by atoms with E-state index in [1.54, 1.807) is 24.4 Å². The van der Waals surface area contributed by atoms with Gasteiger partial charge in [0, 0.05) is 18.1 Å². The number of halogens is 1. The van der Waals surface area contributed by atoms with Crippen LogP contribution in [-0.2, 0) is 0 Å². The minimum Gasteiger partial charge on any atom is -0.399 e. The van der Waals surface area contributed by atoms with Crippen molar-refractivity contribution in [3.05, 3.63) is 47.5 Å². The number of anilines is 1. The van der Waals surface area contributed by atoms with Crippen molar-refractivity contribution in [2.75, 3.05) is 5.73 Å². The fourth-order valence-electron chi connectivity index (χ4n) is 1.23. The lowest BCUT2D eigenvalue weighted by Crippen LogP contribution is -2.10. The number of rotatable bonds is 1.